The molecule has 0 amide bonds. The number of allylic oxidation sites excluding steroid dienone is 1. The van der Waals surface area contributed by atoms with E-state index in [0.29, 0.717) is 5.92 Å². The summed E-state index contributed by atoms with van der Waals surface area (Å²) in [6.45, 7) is 12.6. The van der Waals surface area contributed by atoms with E-state index in [1.807, 2.05) is 27.7 Å². The molecule has 0 nitrogen and oxygen atoms in total. The van der Waals surface area contributed by atoms with Crippen LogP contribution in [0.3, 0.4) is 0 Å². The second kappa shape index (κ2) is 7.89. The van der Waals surface area contributed by atoms with Gasteiger partial charge in [0.05, 0.1) is 0 Å². The zero-order valence-corrected chi connectivity index (χ0v) is 13.8. The van der Waals surface area contributed by atoms with E-state index < -0.39 is 0 Å². The topological polar surface area (TPSA) is 0 Å². The molecule has 0 heteroatoms. The van der Waals surface area contributed by atoms with E-state index in [1.54, 1.807) is 5.56 Å². The van der Waals surface area contributed by atoms with Crippen molar-refractivity contribution < 1.29 is 0 Å². The average Bonchev–Trinajstić information content (AvgIpc) is 2.51. The maximum Gasteiger partial charge on any atom is -0.0108 e. The first-order chi connectivity index (χ1) is 9.77. The van der Waals surface area contributed by atoms with Crippen LogP contribution < -0.4 is 0 Å². The van der Waals surface area contributed by atoms with E-state index in [2.05, 4.69) is 56.3 Å². The van der Waals surface area contributed by atoms with Gasteiger partial charge in [0.1, 0.15) is 0 Å². The molecule has 0 bridgehead atoms. The molecule has 0 saturated heterocycles. The summed E-state index contributed by atoms with van der Waals surface area (Å²) < 4.78 is 0. The Bertz CT molecular complexity index is 576. The molecule has 0 aromatic heterocycles. The zero-order chi connectivity index (χ0) is 15.1. The molecule has 0 saturated carbocycles. The Kier molecular flexibility index (Phi) is 6.51. The van der Waals surface area contributed by atoms with Crippen molar-refractivity contribution in [3.63, 3.8) is 0 Å². The molecular formula is C20H28. The van der Waals surface area contributed by atoms with Crippen LogP contribution in [0, 0.1) is 6.92 Å². The molecule has 0 aliphatic heterocycles. The van der Waals surface area contributed by atoms with Crippen molar-refractivity contribution in [3.05, 3.63) is 53.1 Å². The van der Waals surface area contributed by atoms with E-state index in [1.165, 1.54) is 28.3 Å². The third-order valence-corrected chi connectivity index (χ3v) is 3.60. The molecule has 0 spiro atoms. The first-order valence-corrected chi connectivity index (χ1v) is 7.96. The highest BCUT2D eigenvalue weighted by atomic mass is 14.2. The Morgan fingerprint density at radius 2 is 1.65 bits per heavy atom. The summed E-state index contributed by atoms with van der Waals surface area (Å²) in [5, 5.41) is 2.75. The Labute approximate surface area is 124 Å². The lowest BCUT2D eigenvalue weighted by atomic mass is 9.83. The molecule has 2 aromatic rings. The molecule has 1 atom stereocenters. The molecule has 1 aliphatic rings. The average molecular weight is 268 g/mol. The van der Waals surface area contributed by atoms with Crippen molar-refractivity contribution >= 4 is 16.8 Å². The highest BCUT2D eigenvalue weighted by Gasteiger charge is 2.16. The summed E-state index contributed by atoms with van der Waals surface area (Å²) in [6.07, 6.45) is 5.77. The number of benzene rings is 2. The van der Waals surface area contributed by atoms with E-state index in [9.17, 15) is 0 Å². The van der Waals surface area contributed by atoms with Crippen LogP contribution in [0.2, 0.25) is 0 Å². The smallest absolute Gasteiger partial charge is 0.0108 e. The van der Waals surface area contributed by atoms with Crippen LogP contribution in [0.15, 0.2) is 36.4 Å². The SMILES string of the molecule is CC.CC.Cc1cc2ccccc2c2c1C(C)CC=C2. The largest absolute Gasteiger partial charge is 0.0833 e. The van der Waals surface area contributed by atoms with Gasteiger partial charge in [-0.3, -0.25) is 0 Å². The zero-order valence-electron chi connectivity index (χ0n) is 13.8. The molecule has 1 unspecified atom stereocenters. The third-order valence-electron chi connectivity index (χ3n) is 3.60. The fourth-order valence-electron chi connectivity index (χ4n) is 2.88. The normalized spacial score (nSPS) is 15.6. The molecule has 0 fully saturated rings. The molecule has 0 radical (unpaired) electrons. The van der Waals surface area contributed by atoms with Crippen LogP contribution in [-0.4, -0.2) is 0 Å². The monoisotopic (exact) mass is 268 g/mol. The first kappa shape index (κ1) is 16.5. The highest BCUT2D eigenvalue weighted by molar-refractivity contribution is 5.93. The highest BCUT2D eigenvalue weighted by Crippen LogP contribution is 2.36. The van der Waals surface area contributed by atoms with Crippen LogP contribution in [-0.2, 0) is 0 Å². The molecule has 20 heavy (non-hydrogen) atoms. The van der Waals surface area contributed by atoms with Gasteiger partial charge >= 0.3 is 0 Å². The van der Waals surface area contributed by atoms with Crippen molar-refractivity contribution in [1.29, 1.82) is 0 Å². The van der Waals surface area contributed by atoms with Gasteiger partial charge in [0.2, 0.25) is 0 Å². The van der Waals surface area contributed by atoms with Crippen molar-refractivity contribution in [2.75, 3.05) is 0 Å². The van der Waals surface area contributed by atoms with Gasteiger partial charge < -0.3 is 0 Å². The minimum Gasteiger partial charge on any atom is -0.0833 e. The summed E-state index contributed by atoms with van der Waals surface area (Å²) in [4.78, 5) is 0. The maximum atomic E-state index is 2.32. The standard InChI is InChI=1S/C16H16.2C2H6/c1-11-6-5-9-15-14-8-4-3-7-13(14)10-12(2)16(11)15;2*1-2/h3-5,7-11H,6H2,1-2H3;2*1-2H3. The lowest BCUT2D eigenvalue weighted by Crippen LogP contribution is -2.03. The van der Waals surface area contributed by atoms with Crippen LogP contribution >= 0.6 is 0 Å². The summed E-state index contributed by atoms with van der Waals surface area (Å²) in [6, 6.07) is 11.0. The second-order valence-electron chi connectivity index (χ2n) is 4.78. The minimum absolute atomic E-state index is 0.657. The Balaban J connectivity index is 0.000000461. The van der Waals surface area contributed by atoms with E-state index in [4.69, 9.17) is 0 Å². The van der Waals surface area contributed by atoms with Gasteiger partial charge in [0.15, 0.2) is 0 Å². The van der Waals surface area contributed by atoms with E-state index >= 15 is 0 Å². The van der Waals surface area contributed by atoms with Gasteiger partial charge in [-0.1, -0.05) is 77.1 Å². The quantitative estimate of drug-likeness (QED) is 0.497. The molecule has 2 aromatic carbocycles. The van der Waals surface area contributed by atoms with Gasteiger partial charge in [-0.15, -0.1) is 0 Å². The second-order valence-corrected chi connectivity index (χ2v) is 4.78. The first-order valence-electron chi connectivity index (χ1n) is 7.96. The molecule has 3 rings (SSSR count). The maximum absolute atomic E-state index is 2.32. The van der Waals surface area contributed by atoms with Crippen LogP contribution in [0.5, 0.6) is 0 Å². The fourth-order valence-corrected chi connectivity index (χ4v) is 2.88. The molecule has 0 heterocycles. The van der Waals surface area contributed by atoms with E-state index in [-0.39, 0.29) is 0 Å². The van der Waals surface area contributed by atoms with Gasteiger partial charge in [-0.05, 0) is 46.7 Å². The van der Waals surface area contributed by atoms with Gasteiger partial charge in [0, 0.05) is 0 Å². The number of hydrogen-bond acceptors (Lipinski definition) is 0. The summed E-state index contributed by atoms with van der Waals surface area (Å²) >= 11 is 0. The van der Waals surface area contributed by atoms with Crippen LogP contribution in [0.4, 0.5) is 0 Å². The molecular weight excluding hydrogens is 240 g/mol. The Hall–Kier alpha value is -1.56. The number of hydrogen-bond donors (Lipinski definition) is 0. The lowest BCUT2D eigenvalue weighted by molar-refractivity contribution is 0.767. The van der Waals surface area contributed by atoms with E-state index in [0.717, 1.165) is 0 Å². The third kappa shape index (κ3) is 3.12. The number of rotatable bonds is 0. The fraction of sp³-hybridized carbons (Fsp3) is 0.400. The molecule has 1 aliphatic carbocycles. The predicted molar refractivity (Wildman–Crippen MR) is 93.4 cm³/mol. The van der Waals surface area contributed by atoms with Crippen molar-refractivity contribution in [2.24, 2.45) is 0 Å². The molecule has 0 N–H and O–H groups in total. The van der Waals surface area contributed by atoms with Crippen LogP contribution in [0.25, 0.3) is 16.8 Å². The van der Waals surface area contributed by atoms with Gasteiger partial charge in [-0.25, -0.2) is 0 Å². The molecule has 108 valence electrons. The minimum atomic E-state index is 0.657. The number of fused-ring (bicyclic) bond motifs is 3. The summed E-state index contributed by atoms with van der Waals surface area (Å²) in [7, 11) is 0. The van der Waals surface area contributed by atoms with Crippen LogP contribution in [0.1, 0.15) is 63.6 Å². The van der Waals surface area contributed by atoms with Crippen molar-refractivity contribution in [2.45, 2.75) is 53.9 Å². The Morgan fingerprint density at radius 3 is 2.35 bits per heavy atom. The van der Waals surface area contributed by atoms with Gasteiger partial charge in [-0.2, -0.15) is 0 Å². The number of aryl methyl sites for hydroxylation is 1. The summed E-state index contributed by atoms with van der Waals surface area (Å²) in [5.74, 6) is 0.657. The van der Waals surface area contributed by atoms with Gasteiger partial charge in [0.25, 0.3) is 0 Å². The summed E-state index contributed by atoms with van der Waals surface area (Å²) in [5.41, 5.74) is 4.42. The van der Waals surface area contributed by atoms with Crippen molar-refractivity contribution in [3.8, 4) is 0 Å². The predicted octanol–water partition coefficient (Wildman–Crippen LogP) is 6.72. The Morgan fingerprint density at radius 1 is 1.00 bits per heavy atom. The lowest BCUT2D eigenvalue weighted by Gasteiger charge is -2.22. The van der Waals surface area contributed by atoms with Crippen molar-refractivity contribution in [1.82, 2.24) is 0 Å².